The van der Waals surface area contributed by atoms with Crippen LogP contribution >= 0.6 is 43.2 Å². The molecule has 0 saturated carbocycles. The first-order valence-corrected chi connectivity index (χ1v) is 8.29. The Labute approximate surface area is 134 Å². The normalized spacial score (nSPS) is 11.0. The smallest absolute Gasteiger partial charge is 0.133 e. The number of hydrogen-bond acceptors (Lipinski definition) is 3. The quantitative estimate of drug-likeness (QED) is 0.701. The topological polar surface area (TPSA) is 12.5 Å². The lowest BCUT2D eigenvalue weighted by Gasteiger charge is -2.16. The Balaban J connectivity index is 1.98. The molecule has 1 heterocycles. The van der Waals surface area contributed by atoms with Crippen LogP contribution in [0.5, 0.6) is 5.75 Å². The molecule has 1 aromatic carbocycles. The highest BCUT2D eigenvalue weighted by Crippen LogP contribution is 2.26. The molecular weight excluding hydrogens is 390 g/mol. The molecule has 0 spiro atoms. The van der Waals surface area contributed by atoms with Crippen molar-refractivity contribution < 1.29 is 4.74 Å². The molecule has 2 aromatic rings. The summed E-state index contributed by atoms with van der Waals surface area (Å²) in [6.45, 7) is 1.86. The molecule has 2 nitrogen and oxygen atoms in total. The Morgan fingerprint density at radius 1 is 1.16 bits per heavy atom. The summed E-state index contributed by atoms with van der Waals surface area (Å²) in [6.07, 6.45) is 0. The van der Waals surface area contributed by atoms with Gasteiger partial charge in [0.15, 0.2) is 0 Å². The van der Waals surface area contributed by atoms with Crippen LogP contribution in [0, 0.1) is 0 Å². The zero-order valence-corrected chi connectivity index (χ0v) is 14.8. The van der Waals surface area contributed by atoms with Crippen LogP contribution < -0.4 is 4.74 Å². The van der Waals surface area contributed by atoms with E-state index in [1.165, 1.54) is 14.9 Å². The fourth-order valence-corrected chi connectivity index (χ4v) is 3.70. The average molecular weight is 405 g/mol. The van der Waals surface area contributed by atoms with Gasteiger partial charge in [0.25, 0.3) is 0 Å². The van der Waals surface area contributed by atoms with Gasteiger partial charge < -0.3 is 4.74 Å². The van der Waals surface area contributed by atoms with Crippen molar-refractivity contribution >= 4 is 43.2 Å². The minimum absolute atomic E-state index is 0.869. The summed E-state index contributed by atoms with van der Waals surface area (Å²) in [6, 6.07) is 8.38. The largest absolute Gasteiger partial charge is 0.496 e. The van der Waals surface area contributed by atoms with E-state index in [0.717, 1.165) is 23.3 Å². The lowest BCUT2D eigenvalue weighted by molar-refractivity contribution is 0.319. The molecule has 1 aromatic heterocycles. The summed E-state index contributed by atoms with van der Waals surface area (Å²) in [4.78, 5) is 2.29. The van der Waals surface area contributed by atoms with E-state index in [9.17, 15) is 0 Å². The molecule has 5 heteroatoms. The molecule has 0 radical (unpaired) electrons. The van der Waals surface area contributed by atoms with Gasteiger partial charge in [0.2, 0.25) is 0 Å². The summed E-state index contributed by atoms with van der Waals surface area (Å²) < 4.78 is 7.42. The molecule has 0 fully saturated rings. The minimum Gasteiger partial charge on any atom is -0.496 e. The molecule has 102 valence electrons. The summed E-state index contributed by atoms with van der Waals surface area (Å²) in [7, 11) is 3.81. The van der Waals surface area contributed by atoms with E-state index in [1.807, 2.05) is 6.07 Å². The van der Waals surface area contributed by atoms with Gasteiger partial charge in [0.05, 0.1) is 15.4 Å². The Hall–Kier alpha value is -0.360. The van der Waals surface area contributed by atoms with Gasteiger partial charge in [-0.05, 0) is 73.6 Å². The maximum atomic E-state index is 5.24. The van der Waals surface area contributed by atoms with Gasteiger partial charge in [-0.1, -0.05) is 6.07 Å². The van der Waals surface area contributed by atoms with Crippen LogP contribution in [0.15, 0.2) is 37.9 Å². The SMILES string of the molecule is COc1ccc(CN(C)Cc2csc(Br)c2)cc1Br. The first-order chi connectivity index (χ1) is 9.08. The third-order valence-electron chi connectivity index (χ3n) is 2.74. The summed E-state index contributed by atoms with van der Waals surface area (Å²) in [5.41, 5.74) is 2.61. The van der Waals surface area contributed by atoms with Crippen LogP contribution in [-0.4, -0.2) is 19.1 Å². The lowest BCUT2D eigenvalue weighted by atomic mass is 10.2. The molecule has 0 aliphatic carbocycles. The van der Waals surface area contributed by atoms with Gasteiger partial charge in [0, 0.05) is 13.1 Å². The maximum Gasteiger partial charge on any atom is 0.133 e. The van der Waals surface area contributed by atoms with Crippen molar-refractivity contribution in [3.8, 4) is 5.75 Å². The number of rotatable bonds is 5. The number of thiophene rings is 1. The Morgan fingerprint density at radius 3 is 2.47 bits per heavy atom. The van der Waals surface area contributed by atoms with Crippen LogP contribution in [0.4, 0.5) is 0 Å². The number of methoxy groups -OCH3 is 1. The van der Waals surface area contributed by atoms with E-state index in [2.05, 4.69) is 67.4 Å². The molecule has 0 atom stereocenters. The van der Waals surface area contributed by atoms with Gasteiger partial charge in [-0.25, -0.2) is 0 Å². The highest BCUT2D eigenvalue weighted by Gasteiger charge is 2.06. The number of nitrogens with zero attached hydrogens (tertiary/aromatic N) is 1. The van der Waals surface area contributed by atoms with Crippen molar-refractivity contribution in [2.45, 2.75) is 13.1 Å². The first-order valence-electron chi connectivity index (χ1n) is 5.82. The van der Waals surface area contributed by atoms with Gasteiger partial charge in [0.1, 0.15) is 5.75 Å². The Bertz CT molecular complexity index is 556. The van der Waals surface area contributed by atoms with Crippen molar-refractivity contribution in [1.29, 1.82) is 0 Å². The van der Waals surface area contributed by atoms with Crippen LogP contribution in [-0.2, 0) is 13.1 Å². The minimum atomic E-state index is 0.869. The average Bonchev–Trinajstić information content (AvgIpc) is 2.74. The van der Waals surface area contributed by atoms with E-state index in [-0.39, 0.29) is 0 Å². The second-order valence-corrected chi connectivity index (χ2v) is 7.55. The van der Waals surface area contributed by atoms with Gasteiger partial charge in [-0.3, -0.25) is 4.90 Å². The van der Waals surface area contributed by atoms with Crippen LogP contribution in [0.25, 0.3) is 0 Å². The predicted octanol–water partition coefficient (Wildman–Crippen LogP) is 4.91. The fraction of sp³-hybridized carbons (Fsp3) is 0.286. The first kappa shape index (κ1) is 15.0. The highest BCUT2D eigenvalue weighted by atomic mass is 79.9. The molecule has 0 aliphatic rings. The van der Waals surface area contributed by atoms with Crippen molar-refractivity contribution in [2.24, 2.45) is 0 Å². The van der Waals surface area contributed by atoms with Gasteiger partial charge in [-0.15, -0.1) is 11.3 Å². The van der Waals surface area contributed by atoms with Crippen LogP contribution in [0.1, 0.15) is 11.1 Å². The van der Waals surface area contributed by atoms with E-state index >= 15 is 0 Å². The van der Waals surface area contributed by atoms with Crippen molar-refractivity contribution in [3.63, 3.8) is 0 Å². The Kier molecular flexibility index (Phi) is 5.45. The third-order valence-corrected chi connectivity index (χ3v) is 4.92. The van der Waals surface area contributed by atoms with Crippen molar-refractivity contribution in [2.75, 3.05) is 14.2 Å². The maximum absolute atomic E-state index is 5.24. The molecule has 0 bridgehead atoms. The zero-order chi connectivity index (χ0) is 13.8. The number of ether oxygens (including phenoxy) is 1. The second-order valence-electron chi connectivity index (χ2n) is 4.40. The molecule has 0 aliphatic heterocycles. The predicted molar refractivity (Wildman–Crippen MR) is 87.9 cm³/mol. The van der Waals surface area contributed by atoms with Gasteiger partial charge >= 0.3 is 0 Å². The fourth-order valence-electron chi connectivity index (χ4n) is 1.92. The van der Waals surface area contributed by atoms with Crippen molar-refractivity contribution in [1.82, 2.24) is 4.90 Å². The van der Waals surface area contributed by atoms with E-state index in [1.54, 1.807) is 18.4 Å². The zero-order valence-electron chi connectivity index (χ0n) is 10.8. The molecule has 0 N–H and O–H groups in total. The van der Waals surface area contributed by atoms with E-state index < -0.39 is 0 Å². The molecule has 19 heavy (non-hydrogen) atoms. The van der Waals surface area contributed by atoms with Crippen LogP contribution in [0.3, 0.4) is 0 Å². The van der Waals surface area contributed by atoms with Gasteiger partial charge in [-0.2, -0.15) is 0 Å². The number of halogens is 2. The lowest BCUT2D eigenvalue weighted by Crippen LogP contribution is -2.16. The Morgan fingerprint density at radius 2 is 1.89 bits per heavy atom. The summed E-state index contributed by atoms with van der Waals surface area (Å²) in [5, 5.41) is 2.19. The molecule has 0 amide bonds. The van der Waals surface area contributed by atoms with E-state index in [4.69, 9.17) is 4.74 Å². The molecule has 0 unspecified atom stereocenters. The second kappa shape index (κ2) is 6.88. The summed E-state index contributed by atoms with van der Waals surface area (Å²) >= 11 is 8.74. The molecular formula is C14H15Br2NOS. The van der Waals surface area contributed by atoms with Crippen molar-refractivity contribution in [3.05, 3.63) is 49.0 Å². The highest BCUT2D eigenvalue weighted by molar-refractivity contribution is 9.11. The number of hydrogen-bond donors (Lipinski definition) is 0. The standard InChI is InChI=1S/C14H15Br2NOS/c1-17(8-11-6-14(16)19-9-11)7-10-3-4-13(18-2)12(15)5-10/h3-6,9H,7-8H2,1-2H3. The van der Waals surface area contributed by atoms with Crippen LogP contribution in [0.2, 0.25) is 0 Å². The monoisotopic (exact) mass is 403 g/mol. The number of benzene rings is 1. The molecule has 0 saturated heterocycles. The third kappa shape index (κ3) is 4.31. The summed E-state index contributed by atoms with van der Waals surface area (Å²) in [5.74, 6) is 0.869. The molecule has 2 rings (SSSR count). The van der Waals surface area contributed by atoms with E-state index in [0.29, 0.717) is 0 Å².